The van der Waals surface area contributed by atoms with Crippen LogP contribution in [0.1, 0.15) is 28.8 Å². The fourth-order valence-electron chi connectivity index (χ4n) is 2.11. The first-order chi connectivity index (χ1) is 8.90. The molecule has 2 rings (SSSR count). The topological polar surface area (TPSA) is 86.7 Å². The third-order valence-corrected chi connectivity index (χ3v) is 4.65. The van der Waals surface area contributed by atoms with E-state index in [1.165, 1.54) is 22.5 Å². The number of benzene rings is 1. The fraction of sp³-hybridized carbons (Fsp3) is 0.417. The summed E-state index contributed by atoms with van der Waals surface area (Å²) in [5.41, 5.74) is 1.08. The van der Waals surface area contributed by atoms with E-state index >= 15 is 0 Å². The zero-order valence-corrected chi connectivity index (χ0v) is 11.4. The van der Waals surface area contributed by atoms with Gasteiger partial charge in [-0.3, -0.25) is 4.72 Å². The molecule has 0 radical (unpaired) electrons. The number of carbonyl (C=O) groups is 1. The highest BCUT2D eigenvalue weighted by Gasteiger charge is 2.25. The van der Waals surface area contributed by atoms with Gasteiger partial charge in [0.1, 0.15) is 0 Å². The van der Waals surface area contributed by atoms with Crippen LogP contribution in [0.15, 0.2) is 18.2 Å². The summed E-state index contributed by atoms with van der Waals surface area (Å²) in [7, 11) is -3.53. The van der Waals surface area contributed by atoms with Gasteiger partial charge in [0.05, 0.1) is 11.3 Å². The summed E-state index contributed by atoms with van der Waals surface area (Å²) >= 11 is 0. The van der Waals surface area contributed by atoms with Crippen molar-refractivity contribution in [3.8, 4) is 0 Å². The summed E-state index contributed by atoms with van der Waals surface area (Å²) in [4.78, 5) is 10.9. The van der Waals surface area contributed by atoms with Gasteiger partial charge in [-0.2, -0.15) is 12.7 Å². The Kier molecular flexibility index (Phi) is 3.77. The number of hydrogen-bond donors (Lipinski definition) is 2. The van der Waals surface area contributed by atoms with Crippen molar-refractivity contribution in [2.45, 2.75) is 19.8 Å². The van der Waals surface area contributed by atoms with Gasteiger partial charge in [0.2, 0.25) is 0 Å². The van der Waals surface area contributed by atoms with E-state index in [0.29, 0.717) is 24.3 Å². The van der Waals surface area contributed by atoms with E-state index in [0.717, 1.165) is 12.8 Å². The molecule has 104 valence electrons. The van der Waals surface area contributed by atoms with Gasteiger partial charge in [0, 0.05) is 13.1 Å². The van der Waals surface area contributed by atoms with E-state index in [1.54, 1.807) is 6.92 Å². The van der Waals surface area contributed by atoms with Gasteiger partial charge >= 0.3 is 16.2 Å². The van der Waals surface area contributed by atoms with Crippen molar-refractivity contribution in [2.75, 3.05) is 17.8 Å². The summed E-state index contributed by atoms with van der Waals surface area (Å²) in [5.74, 6) is -1.02. The number of nitrogens with one attached hydrogen (secondary N) is 1. The molecule has 19 heavy (non-hydrogen) atoms. The number of nitrogens with zero attached hydrogens (tertiary/aromatic N) is 1. The van der Waals surface area contributed by atoms with Crippen LogP contribution in [0.5, 0.6) is 0 Å². The molecule has 7 heteroatoms. The molecule has 6 nitrogen and oxygen atoms in total. The highest BCUT2D eigenvalue weighted by Crippen LogP contribution is 2.19. The van der Waals surface area contributed by atoms with Gasteiger partial charge in [-0.25, -0.2) is 4.79 Å². The quantitative estimate of drug-likeness (QED) is 0.876. The Morgan fingerprint density at radius 1 is 1.32 bits per heavy atom. The summed E-state index contributed by atoms with van der Waals surface area (Å²) in [6.07, 6.45) is 1.75. The molecule has 0 aromatic heterocycles. The summed E-state index contributed by atoms with van der Waals surface area (Å²) < 4.78 is 27.9. The highest BCUT2D eigenvalue weighted by molar-refractivity contribution is 7.90. The monoisotopic (exact) mass is 284 g/mol. The lowest BCUT2D eigenvalue weighted by atomic mass is 10.1. The van der Waals surface area contributed by atoms with Crippen molar-refractivity contribution in [3.63, 3.8) is 0 Å². The first kappa shape index (κ1) is 13.8. The summed E-state index contributed by atoms with van der Waals surface area (Å²) in [5, 5.41) is 8.91. The predicted octanol–water partition coefficient (Wildman–Crippen LogP) is 1.45. The highest BCUT2D eigenvalue weighted by atomic mass is 32.2. The Morgan fingerprint density at radius 2 is 1.95 bits per heavy atom. The first-order valence-electron chi connectivity index (χ1n) is 6.02. The van der Waals surface area contributed by atoms with Crippen LogP contribution in [-0.4, -0.2) is 36.9 Å². The number of aryl methyl sites for hydroxylation is 1. The smallest absolute Gasteiger partial charge is 0.335 e. The largest absolute Gasteiger partial charge is 0.478 e. The maximum atomic E-state index is 12.0. The van der Waals surface area contributed by atoms with Crippen molar-refractivity contribution >= 4 is 21.9 Å². The van der Waals surface area contributed by atoms with Crippen molar-refractivity contribution in [2.24, 2.45) is 0 Å². The minimum atomic E-state index is -3.53. The van der Waals surface area contributed by atoms with E-state index < -0.39 is 16.2 Å². The average molecular weight is 284 g/mol. The molecular formula is C12H16N2O4S. The van der Waals surface area contributed by atoms with Crippen LogP contribution in [0.2, 0.25) is 0 Å². The molecule has 0 atom stereocenters. The summed E-state index contributed by atoms with van der Waals surface area (Å²) in [6, 6.07) is 4.39. The molecule has 1 aliphatic rings. The Bertz CT molecular complexity index is 592. The number of anilines is 1. The van der Waals surface area contributed by atoms with E-state index in [9.17, 15) is 13.2 Å². The number of rotatable bonds is 4. The normalized spacial score (nSPS) is 16.5. The van der Waals surface area contributed by atoms with Gasteiger partial charge in [0.25, 0.3) is 0 Å². The lowest BCUT2D eigenvalue weighted by Crippen LogP contribution is -2.33. The molecule has 1 saturated heterocycles. The maximum absolute atomic E-state index is 12.0. The Hall–Kier alpha value is -1.60. The Balaban J connectivity index is 2.19. The van der Waals surface area contributed by atoms with Crippen LogP contribution in [0.25, 0.3) is 0 Å². The number of aromatic carboxylic acids is 1. The fourth-order valence-corrected chi connectivity index (χ4v) is 3.40. The molecule has 2 N–H and O–H groups in total. The van der Waals surface area contributed by atoms with Crippen LogP contribution in [-0.2, 0) is 10.2 Å². The molecule has 1 aliphatic heterocycles. The number of hydrogen-bond acceptors (Lipinski definition) is 3. The van der Waals surface area contributed by atoms with Crippen molar-refractivity contribution < 1.29 is 18.3 Å². The molecule has 0 unspecified atom stereocenters. The second kappa shape index (κ2) is 5.18. The molecule has 0 aliphatic carbocycles. The average Bonchev–Trinajstić information content (AvgIpc) is 2.81. The SMILES string of the molecule is Cc1cc(NS(=O)(=O)N2CCCC2)ccc1C(=O)O. The molecule has 1 aromatic carbocycles. The van der Waals surface area contributed by atoms with E-state index in [4.69, 9.17) is 5.11 Å². The predicted molar refractivity (Wildman–Crippen MR) is 71.5 cm³/mol. The van der Waals surface area contributed by atoms with Gasteiger partial charge in [-0.05, 0) is 43.5 Å². The van der Waals surface area contributed by atoms with Crippen molar-refractivity contribution in [1.82, 2.24) is 4.31 Å². The van der Waals surface area contributed by atoms with Gasteiger partial charge in [-0.15, -0.1) is 0 Å². The lowest BCUT2D eigenvalue weighted by molar-refractivity contribution is 0.0696. The lowest BCUT2D eigenvalue weighted by Gasteiger charge is -2.17. The zero-order valence-electron chi connectivity index (χ0n) is 10.6. The van der Waals surface area contributed by atoms with E-state index in [-0.39, 0.29) is 5.56 Å². The molecule has 0 amide bonds. The third kappa shape index (κ3) is 3.05. The third-order valence-electron chi connectivity index (χ3n) is 3.11. The molecule has 1 fully saturated rings. The molecule has 0 spiro atoms. The second-order valence-corrected chi connectivity index (χ2v) is 6.22. The molecule has 1 aromatic rings. The molecule has 0 bridgehead atoms. The maximum Gasteiger partial charge on any atom is 0.335 e. The van der Waals surface area contributed by atoms with Gasteiger partial charge < -0.3 is 5.11 Å². The van der Waals surface area contributed by atoms with E-state index in [2.05, 4.69) is 4.72 Å². The minimum absolute atomic E-state index is 0.170. The van der Waals surface area contributed by atoms with Gasteiger partial charge in [0.15, 0.2) is 0 Å². The number of carboxylic acid groups (broad SMARTS) is 1. The molecule has 1 heterocycles. The second-order valence-electron chi connectivity index (χ2n) is 4.55. The Labute approximate surface area is 112 Å². The van der Waals surface area contributed by atoms with Crippen LogP contribution in [0.3, 0.4) is 0 Å². The molecular weight excluding hydrogens is 268 g/mol. The Morgan fingerprint density at radius 3 is 2.47 bits per heavy atom. The van der Waals surface area contributed by atoms with Crippen LogP contribution < -0.4 is 4.72 Å². The molecule has 0 saturated carbocycles. The zero-order chi connectivity index (χ0) is 14.0. The number of carboxylic acids is 1. The van der Waals surface area contributed by atoms with Crippen molar-refractivity contribution in [3.05, 3.63) is 29.3 Å². The van der Waals surface area contributed by atoms with Crippen LogP contribution in [0.4, 0.5) is 5.69 Å². The van der Waals surface area contributed by atoms with Gasteiger partial charge in [-0.1, -0.05) is 0 Å². The minimum Gasteiger partial charge on any atom is -0.478 e. The van der Waals surface area contributed by atoms with Crippen LogP contribution in [0, 0.1) is 6.92 Å². The van der Waals surface area contributed by atoms with Crippen LogP contribution >= 0.6 is 0 Å². The first-order valence-corrected chi connectivity index (χ1v) is 7.46. The summed E-state index contributed by atoms with van der Waals surface area (Å²) in [6.45, 7) is 2.69. The standard InChI is InChI=1S/C12H16N2O4S/c1-9-8-10(4-5-11(9)12(15)16)13-19(17,18)14-6-2-3-7-14/h4-5,8,13H,2-3,6-7H2,1H3,(H,15,16). The van der Waals surface area contributed by atoms with E-state index in [1.807, 2.05) is 0 Å². The van der Waals surface area contributed by atoms with Crippen molar-refractivity contribution in [1.29, 1.82) is 0 Å².